The zero-order valence-corrected chi connectivity index (χ0v) is 11.9. The summed E-state index contributed by atoms with van der Waals surface area (Å²) in [4.78, 5) is 28.7. The largest absolute Gasteiger partial charge is 0.476 e. The maximum absolute atomic E-state index is 12.2. The highest BCUT2D eigenvalue weighted by atomic mass is 16.5. The number of ether oxygens (including phenoxy) is 1. The van der Waals surface area contributed by atoms with E-state index in [1.165, 1.54) is 12.3 Å². The topological polar surface area (TPSA) is 91.8 Å². The van der Waals surface area contributed by atoms with Crippen LogP contribution >= 0.6 is 0 Å². The molecule has 1 unspecified atom stereocenters. The van der Waals surface area contributed by atoms with Crippen molar-refractivity contribution in [2.24, 2.45) is 0 Å². The van der Waals surface area contributed by atoms with Crippen LogP contribution in [0.3, 0.4) is 0 Å². The molecule has 7 heteroatoms. The molecule has 2 heterocycles. The second-order valence-corrected chi connectivity index (χ2v) is 4.81. The van der Waals surface area contributed by atoms with Crippen LogP contribution in [0.1, 0.15) is 30.3 Å². The number of hydrogen-bond donors (Lipinski definition) is 2. The van der Waals surface area contributed by atoms with Gasteiger partial charge in [-0.1, -0.05) is 0 Å². The van der Waals surface area contributed by atoms with E-state index < -0.39 is 5.97 Å². The van der Waals surface area contributed by atoms with Gasteiger partial charge >= 0.3 is 12.0 Å². The van der Waals surface area contributed by atoms with Crippen LogP contribution in [0.15, 0.2) is 18.3 Å². The summed E-state index contributed by atoms with van der Waals surface area (Å²) in [6.07, 6.45) is 3.39. The van der Waals surface area contributed by atoms with Crippen LogP contribution in [0, 0.1) is 0 Å². The molecule has 0 aromatic carbocycles. The SMILES string of the molecule is CCN(CC1CCCO1)C(=O)Nc1cccnc1C(=O)O. The number of rotatable bonds is 5. The van der Waals surface area contributed by atoms with E-state index in [1.807, 2.05) is 6.92 Å². The number of urea groups is 1. The first kappa shape index (κ1) is 15.2. The quantitative estimate of drug-likeness (QED) is 0.864. The van der Waals surface area contributed by atoms with Crippen molar-refractivity contribution in [1.29, 1.82) is 0 Å². The molecule has 0 bridgehead atoms. The molecule has 0 spiro atoms. The molecule has 21 heavy (non-hydrogen) atoms. The van der Waals surface area contributed by atoms with Crippen LogP contribution in [0.25, 0.3) is 0 Å². The molecule has 1 fully saturated rings. The highest BCUT2D eigenvalue weighted by Crippen LogP contribution is 2.16. The number of carbonyl (C=O) groups excluding carboxylic acids is 1. The Labute approximate surface area is 122 Å². The number of nitrogens with one attached hydrogen (secondary N) is 1. The Bertz CT molecular complexity index is 515. The minimum Gasteiger partial charge on any atom is -0.476 e. The first-order valence-electron chi connectivity index (χ1n) is 6.97. The molecule has 0 aliphatic carbocycles. The zero-order valence-electron chi connectivity index (χ0n) is 11.9. The summed E-state index contributed by atoms with van der Waals surface area (Å²) in [5.41, 5.74) is 0.0276. The molecule has 1 saturated heterocycles. The fourth-order valence-electron chi connectivity index (χ4n) is 2.26. The Hall–Kier alpha value is -2.15. The molecule has 0 radical (unpaired) electrons. The summed E-state index contributed by atoms with van der Waals surface area (Å²) < 4.78 is 5.52. The van der Waals surface area contributed by atoms with Gasteiger partial charge in [0.1, 0.15) is 0 Å². The van der Waals surface area contributed by atoms with E-state index in [4.69, 9.17) is 9.84 Å². The lowest BCUT2D eigenvalue weighted by Gasteiger charge is -2.24. The maximum atomic E-state index is 12.2. The van der Waals surface area contributed by atoms with E-state index in [0.29, 0.717) is 13.1 Å². The molecule has 1 aromatic rings. The van der Waals surface area contributed by atoms with Gasteiger partial charge in [0.25, 0.3) is 0 Å². The number of carbonyl (C=O) groups is 2. The fraction of sp³-hybridized carbons (Fsp3) is 0.500. The average molecular weight is 293 g/mol. The van der Waals surface area contributed by atoms with Gasteiger partial charge in [-0.25, -0.2) is 14.6 Å². The van der Waals surface area contributed by atoms with Crippen LogP contribution in [-0.2, 0) is 4.74 Å². The summed E-state index contributed by atoms with van der Waals surface area (Å²) in [5, 5.41) is 11.7. The highest BCUT2D eigenvalue weighted by Gasteiger charge is 2.22. The van der Waals surface area contributed by atoms with Crippen LogP contribution in [0.4, 0.5) is 10.5 Å². The number of carboxylic acid groups (broad SMARTS) is 1. The van der Waals surface area contributed by atoms with Crippen molar-refractivity contribution in [2.45, 2.75) is 25.9 Å². The van der Waals surface area contributed by atoms with E-state index in [-0.39, 0.29) is 23.5 Å². The van der Waals surface area contributed by atoms with Crippen molar-refractivity contribution in [3.05, 3.63) is 24.0 Å². The number of likely N-dealkylation sites (N-methyl/N-ethyl adjacent to an activating group) is 1. The minimum absolute atomic E-state index is 0.0588. The van der Waals surface area contributed by atoms with Crippen LogP contribution in [-0.4, -0.2) is 52.8 Å². The van der Waals surface area contributed by atoms with Gasteiger partial charge in [0.15, 0.2) is 5.69 Å². The normalized spacial score (nSPS) is 17.5. The summed E-state index contributed by atoms with van der Waals surface area (Å²) in [6.45, 7) is 3.63. The van der Waals surface area contributed by atoms with Gasteiger partial charge in [-0.05, 0) is 31.9 Å². The lowest BCUT2D eigenvalue weighted by atomic mass is 10.2. The van der Waals surface area contributed by atoms with Crippen molar-refractivity contribution in [3.8, 4) is 0 Å². The molecular formula is C14H19N3O4. The van der Waals surface area contributed by atoms with Gasteiger partial charge in [0.2, 0.25) is 0 Å². The van der Waals surface area contributed by atoms with Gasteiger partial charge in [-0.15, -0.1) is 0 Å². The molecule has 1 aromatic heterocycles. The Morgan fingerprint density at radius 1 is 1.57 bits per heavy atom. The number of amides is 2. The third-order valence-electron chi connectivity index (χ3n) is 3.37. The van der Waals surface area contributed by atoms with E-state index in [2.05, 4.69) is 10.3 Å². The highest BCUT2D eigenvalue weighted by molar-refractivity contribution is 5.98. The lowest BCUT2D eigenvalue weighted by Crippen LogP contribution is -2.40. The predicted octanol–water partition coefficient (Wildman–Crippen LogP) is 1.81. The molecular weight excluding hydrogens is 274 g/mol. The summed E-state index contributed by atoms with van der Waals surface area (Å²) in [6, 6.07) is 2.76. The number of carboxylic acids is 1. The third-order valence-corrected chi connectivity index (χ3v) is 3.37. The first-order chi connectivity index (χ1) is 10.1. The smallest absolute Gasteiger partial charge is 0.356 e. The van der Waals surface area contributed by atoms with E-state index in [9.17, 15) is 9.59 Å². The number of hydrogen-bond acceptors (Lipinski definition) is 4. The molecule has 0 saturated carbocycles. The number of pyridine rings is 1. The third kappa shape index (κ3) is 3.91. The number of nitrogens with zero attached hydrogens (tertiary/aromatic N) is 2. The Morgan fingerprint density at radius 2 is 2.38 bits per heavy atom. The molecule has 1 aliphatic rings. The van der Waals surface area contributed by atoms with Gasteiger partial charge in [-0.3, -0.25) is 0 Å². The summed E-state index contributed by atoms with van der Waals surface area (Å²) >= 11 is 0. The second kappa shape index (κ2) is 7.03. The average Bonchev–Trinajstić information content (AvgIpc) is 2.98. The summed E-state index contributed by atoms with van der Waals surface area (Å²) in [5.74, 6) is -1.17. The van der Waals surface area contributed by atoms with Gasteiger partial charge in [0, 0.05) is 25.9 Å². The molecule has 7 nitrogen and oxygen atoms in total. The zero-order chi connectivity index (χ0) is 15.2. The maximum Gasteiger partial charge on any atom is 0.356 e. The van der Waals surface area contributed by atoms with Gasteiger partial charge in [-0.2, -0.15) is 0 Å². The van der Waals surface area contributed by atoms with Crippen LogP contribution in [0.2, 0.25) is 0 Å². The number of aromatic nitrogens is 1. The minimum atomic E-state index is -1.17. The van der Waals surface area contributed by atoms with E-state index in [0.717, 1.165) is 19.4 Å². The van der Waals surface area contributed by atoms with Crippen LogP contribution < -0.4 is 5.32 Å². The van der Waals surface area contributed by atoms with Gasteiger partial charge in [0.05, 0.1) is 11.8 Å². The van der Waals surface area contributed by atoms with Gasteiger partial charge < -0.3 is 20.1 Å². The fourth-order valence-corrected chi connectivity index (χ4v) is 2.26. The standard InChI is InChI=1S/C14H19N3O4/c1-2-17(9-10-5-4-8-21-10)14(20)16-11-6-3-7-15-12(11)13(18)19/h3,6-7,10H,2,4-5,8-9H2,1H3,(H,16,20)(H,18,19). The van der Waals surface area contributed by atoms with Crippen molar-refractivity contribution < 1.29 is 19.4 Å². The van der Waals surface area contributed by atoms with Crippen LogP contribution in [0.5, 0.6) is 0 Å². The predicted molar refractivity (Wildman–Crippen MR) is 76.4 cm³/mol. The summed E-state index contributed by atoms with van der Waals surface area (Å²) in [7, 11) is 0. The Balaban J connectivity index is 2.03. The molecule has 1 aliphatic heterocycles. The lowest BCUT2D eigenvalue weighted by molar-refractivity contribution is 0.0691. The Morgan fingerprint density at radius 3 is 3.00 bits per heavy atom. The molecule has 2 N–H and O–H groups in total. The monoisotopic (exact) mass is 293 g/mol. The van der Waals surface area contributed by atoms with Crippen molar-refractivity contribution in [3.63, 3.8) is 0 Å². The molecule has 2 rings (SSSR count). The van der Waals surface area contributed by atoms with Crippen molar-refractivity contribution in [1.82, 2.24) is 9.88 Å². The molecule has 114 valence electrons. The van der Waals surface area contributed by atoms with Crippen molar-refractivity contribution in [2.75, 3.05) is 25.0 Å². The number of aromatic carboxylic acids is 1. The Kier molecular flexibility index (Phi) is 5.10. The first-order valence-corrected chi connectivity index (χ1v) is 6.97. The number of anilines is 1. The molecule has 2 amide bonds. The van der Waals surface area contributed by atoms with Crippen molar-refractivity contribution >= 4 is 17.7 Å². The molecule has 1 atom stereocenters. The van der Waals surface area contributed by atoms with E-state index in [1.54, 1.807) is 11.0 Å². The van der Waals surface area contributed by atoms with E-state index >= 15 is 0 Å². The second-order valence-electron chi connectivity index (χ2n) is 4.81.